The summed E-state index contributed by atoms with van der Waals surface area (Å²) in [6.45, 7) is 0.916. The van der Waals surface area contributed by atoms with E-state index in [9.17, 15) is 22.4 Å². The lowest BCUT2D eigenvalue weighted by Crippen LogP contribution is -2.56. The number of carbonyl (C=O) groups excluding carboxylic acids is 1. The molecule has 23 heavy (non-hydrogen) atoms. The summed E-state index contributed by atoms with van der Waals surface area (Å²) < 4.78 is 50.3. The van der Waals surface area contributed by atoms with Crippen molar-refractivity contribution >= 4 is 30.7 Å². The molecule has 2 saturated heterocycles. The third kappa shape index (κ3) is 6.25. The highest BCUT2D eigenvalue weighted by Gasteiger charge is 2.43. The number of hydrogen-bond acceptors (Lipinski definition) is 3. The molecule has 0 aromatic carbocycles. The number of halogens is 6. The van der Waals surface area contributed by atoms with Crippen molar-refractivity contribution in [2.24, 2.45) is 0 Å². The molecule has 0 aromatic heterocycles. The first kappa shape index (κ1) is 22.7. The zero-order chi connectivity index (χ0) is 15.5. The average Bonchev–Trinajstić information content (AvgIpc) is 2.48. The van der Waals surface area contributed by atoms with E-state index in [1.807, 2.05) is 0 Å². The molecular formula is C13H23Cl2F4N3O. The van der Waals surface area contributed by atoms with Crippen molar-refractivity contribution in [3.05, 3.63) is 0 Å². The van der Waals surface area contributed by atoms with E-state index < -0.39 is 18.9 Å². The molecule has 0 aliphatic carbocycles. The van der Waals surface area contributed by atoms with E-state index in [0.717, 1.165) is 25.8 Å². The highest BCUT2D eigenvalue weighted by atomic mass is 35.5. The van der Waals surface area contributed by atoms with Crippen LogP contribution in [0, 0.1) is 0 Å². The SMILES string of the molecule is Cl.Cl.O=C([C@H]1CCCCN1)N1CCN(CC(F)(F)C(F)F)CC1. The molecule has 1 atom stereocenters. The van der Waals surface area contributed by atoms with E-state index in [1.165, 1.54) is 4.90 Å². The Balaban J connectivity index is 0.00000242. The van der Waals surface area contributed by atoms with E-state index >= 15 is 0 Å². The highest BCUT2D eigenvalue weighted by molar-refractivity contribution is 5.85. The molecule has 1 N–H and O–H groups in total. The van der Waals surface area contributed by atoms with Crippen LogP contribution in [0.2, 0.25) is 0 Å². The molecule has 138 valence electrons. The van der Waals surface area contributed by atoms with Gasteiger partial charge in [0.15, 0.2) is 0 Å². The zero-order valence-electron chi connectivity index (χ0n) is 12.6. The van der Waals surface area contributed by atoms with Crippen molar-refractivity contribution in [3.63, 3.8) is 0 Å². The van der Waals surface area contributed by atoms with E-state index in [4.69, 9.17) is 0 Å². The summed E-state index contributed by atoms with van der Waals surface area (Å²) in [5.41, 5.74) is 0. The number of nitrogens with zero attached hydrogens (tertiary/aromatic N) is 2. The fraction of sp³-hybridized carbons (Fsp3) is 0.923. The maximum Gasteiger partial charge on any atom is 0.319 e. The number of hydrogen-bond donors (Lipinski definition) is 1. The van der Waals surface area contributed by atoms with Gasteiger partial charge in [-0.2, -0.15) is 8.78 Å². The first-order chi connectivity index (χ1) is 9.90. The van der Waals surface area contributed by atoms with Gasteiger partial charge in [0.05, 0.1) is 12.6 Å². The van der Waals surface area contributed by atoms with Crippen LogP contribution in [0.4, 0.5) is 17.6 Å². The lowest BCUT2D eigenvalue weighted by Gasteiger charge is -2.38. The number of rotatable bonds is 4. The van der Waals surface area contributed by atoms with Gasteiger partial charge in [-0.3, -0.25) is 9.69 Å². The summed E-state index contributed by atoms with van der Waals surface area (Å²) in [7, 11) is 0. The Labute approximate surface area is 145 Å². The quantitative estimate of drug-likeness (QED) is 0.754. The van der Waals surface area contributed by atoms with Crippen LogP contribution in [0.25, 0.3) is 0 Å². The molecule has 1 amide bonds. The Morgan fingerprint density at radius 2 is 1.74 bits per heavy atom. The first-order valence-corrected chi connectivity index (χ1v) is 7.30. The molecular weight excluding hydrogens is 361 g/mol. The van der Waals surface area contributed by atoms with Gasteiger partial charge in [0.1, 0.15) is 0 Å². The minimum atomic E-state index is -3.99. The molecule has 4 nitrogen and oxygen atoms in total. The first-order valence-electron chi connectivity index (χ1n) is 7.30. The fourth-order valence-corrected chi connectivity index (χ4v) is 2.78. The van der Waals surface area contributed by atoms with Crippen molar-refractivity contribution < 1.29 is 22.4 Å². The minimum Gasteiger partial charge on any atom is -0.339 e. The van der Waals surface area contributed by atoms with Crippen LogP contribution >= 0.6 is 24.8 Å². The van der Waals surface area contributed by atoms with Gasteiger partial charge in [0.2, 0.25) is 5.91 Å². The van der Waals surface area contributed by atoms with Crippen molar-refractivity contribution in [3.8, 4) is 0 Å². The van der Waals surface area contributed by atoms with Crippen LogP contribution in [0.5, 0.6) is 0 Å². The third-order valence-corrected chi connectivity index (χ3v) is 4.05. The number of carbonyl (C=O) groups is 1. The average molecular weight is 384 g/mol. The number of alkyl halides is 4. The molecule has 0 saturated carbocycles. The molecule has 10 heteroatoms. The topological polar surface area (TPSA) is 35.6 Å². The molecule has 0 spiro atoms. The number of nitrogens with one attached hydrogen (secondary N) is 1. The van der Waals surface area contributed by atoms with Gasteiger partial charge in [-0.05, 0) is 19.4 Å². The monoisotopic (exact) mass is 383 g/mol. The largest absolute Gasteiger partial charge is 0.339 e. The summed E-state index contributed by atoms with van der Waals surface area (Å²) in [5, 5.41) is 3.16. The van der Waals surface area contributed by atoms with Crippen LogP contribution in [0.15, 0.2) is 0 Å². The van der Waals surface area contributed by atoms with Crippen LogP contribution in [0.1, 0.15) is 19.3 Å². The van der Waals surface area contributed by atoms with E-state index in [1.54, 1.807) is 4.90 Å². The molecule has 2 rings (SSSR count). The molecule has 0 unspecified atom stereocenters. The van der Waals surface area contributed by atoms with Crippen LogP contribution < -0.4 is 5.32 Å². The second-order valence-corrected chi connectivity index (χ2v) is 5.67. The van der Waals surface area contributed by atoms with Crippen molar-refractivity contribution in [1.29, 1.82) is 0 Å². The molecule has 0 radical (unpaired) electrons. The van der Waals surface area contributed by atoms with E-state index in [0.29, 0.717) is 13.1 Å². The predicted molar refractivity (Wildman–Crippen MR) is 84.1 cm³/mol. The number of amides is 1. The fourth-order valence-electron chi connectivity index (χ4n) is 2.78. The third-order valence-electron chi connectivity index (χ3n) is 4.05. The Kier molecular flexibility index (Phi) is 9.73. The van der Waals surface area contributed by atoms with Crippen molar-refractivity contribution in [2.45, 2.75) is 37.7 Å². The molecule has 0 bridgehead atoms. The second kappa shape index (κ2) is 9.86. The van der Waals surface area contributed by atoms with E-state index in [-0.39, 0.29) is 49.9 Å². The summed E-state index contributed by atoms with van der Waals surface area (Å²) in [4.78, 5) is 15.2. The van der Waals surface area contributed by atoms with Crippen molar-refractivity contribution in [1.82, 2.24) is 15.1 Å². The summed E-state index contributed by atoms with van der Waals surface area (Å²) >= 11 is 0. The number of piperazine rings is 1. The van der Waals surface area contributed by atoms with Gasteiger partial charge in [-0.25, -0.2) is 8.78 Å². The minimum absolute atomic E-state index is 0. The van der Waals surface area contributed by atoms with Gasteiger partial charge in [-0.15, -0.1) is 24.8 Å². The lowest BCUT2D eigenvalue weighted by molar-refractivity contribution is -0.149. The van der Waals surface area contributed by atoms with Gasteiger partial charge in [-0.1, -0.05) is 6.42 Å². The lowest BCUT2D eigenvalue weighted by atomic mass is 10.0. The van der Waals surface area contributed by atoms with Gasteiger partial charge in [0.25, 0.3) is 0 Å². The number of piperidine rings is 1. The Bertz CT molecular complexity index is 363. The molecule has 2 fully saturated rings. The van der Waals surface area contributed by atoms with Crippen LogP contribution in [-0.2, 0) is 4.79 Å². The molecule has 2 aliphatic heterocycles. The van der Waals surface area contributed by atoms with E-state index in [2.05, 4.69) is 5.32 Å². The highest BCUT2D eigenvalue weighted by Crippen LogP contribution is 2.24. The van der Waals surface area contributed by atoms with Crippen LogP contribution in [0.3, 0.4) is 0 Å². The smallest absolute Gasteiger partial charge is 0.319 e. The molecule has 0 aromatic rings. The van der Waals surface area contributed by atoms with Gasteiger partial charge >= 0.3 is 12.3 Å². The zero-order valence-corrected chi connectivity index (χ0v) is 14.3. The standard InChI is InChI=1S/C13H21F4N3O.2ClH/c14-12(15)13(16,17)9-19-5-7-20(8-6-19)11(21)10-3-1-2-4-18-10;;/h10,12,18H,1-9H2;2*1H/t10-;;/m1../s1. The maximum atomic E-state index is 13.0. The van der Waals surface area contributed by atoms with Crippen molar-refractivity contribution in [2.75, 3.05) is 39.3 Å². The summed E-state index contributed by atoms with van der Waals surface area (Å²) in [6, 6.07) is -0.187. The molecule has 2 heterocycles. The Morgan fingerprint density at radius 1 is 1.13 bits per heavy atom. The second-order valence-electron chi connectivity index (χ2n) is 5.67. The van der Waals surface area contributed by atoms with Gasteiger partial charge < -0.3 is 10.2 Å². The molecule has 2 aliphatic rings. The normalized spacial score (nSPS) is 23.2. The maximum absolute atomic E-state index is 13.0. The van der Waals surface area contributed by atoms with Crippen LogP contribution in [-0.4, -0.2) is 73.4 Å². The Morgan fingerprint density at radius 3 is 2.22 bits per heavy atom. The van der Waals surface area contributed by atoms with Gasteiger partial charge in [0, 0.05) is 26.2 Å². The summed E-state index contributed by atoms with van der Waals surface area (Å²) in [6.07, 6.45) is -0.796. The summed E-state index contributed by atoms with van der Waals surface area (Å²) in [5.74, 6) is -3.99. The predicted octanol–water partition coefficient (Wildman–Crippen LogP) is 2.02. The Hall–Kier alpha value is -0.310.